The van der Waals surface area contributed by atoms with Gasteiger partial charge < -0.3 is 14.5 Å². The number of rotatable bonds is 6. The molecular weight excluding hydrogens is 376 g/mol. The molecule has 0 bridgehead atoms. The highest BCUT2D eigenvalue weighted by Gasteiger charge is 2.21. The number of nitrogens with zero attached hydrogens (tertiary/aromatic N) is 2. The van der Waals surface area contributed by atoms with Crippen molar-refractivity contribution >= 4 is 17.4 Å². The quantitative estimate of drug-likeness (QED) is 0.669. The largest absolute Gasteiger partial charge is 0.493 e. The van der Waals surface area contributed by atoms with Crippen LogP contribution in [-0.4, -0.2) is 49.4 Å². The predicted octanol–water partition coefficient (Wildman–Crippen LogP) is 4.30. The van der Waals surface area contributed by atoms with E-state index in [0.29, 0.717) is 26.1 Å². The van der Waals surface area contributed by atoms with Gasteiger partial charge >= 0.3 is 0 Å². The van der Waals surface area contributed by atoms with Gasteiger partial charge in [-0.3, -0.25) is 9.59 Å². The maximum atomic E-state index is 12.5. The van der Waals surface area contributed by atoms with Crippen LogP contribution in [0.5, 0.6) is 5.75 Å². The summed E-state index contributed by atoms with van der Waals surface area (Å²) >= 11 is 0. The normalized spacial score (nSPS) is 14.5. The third kappa shape index (κ3) is 5.62. The first kappa shape index (κ1) is 21.9. The van der Waals surface area contributed by atoms with Crippen molar-refractivity contribution in [2.24, 2.45) is 0 Å². The van der Waals surface area contributed by atoms with Gasteiger partial charge in [0.2, 0.25) is 5.91 Å². The number of carbonyl (C=O) groups excluding carboxylic acids is 2. The lowest BCUT2D eigenvalue weighted by Crippen LogP contribution is -2.49. The number of hydrogen-bond donors (Lipinski definition) is 0. The van der Waals surface area contributed by atoms with E-state index in [-0.39, 0.29) is 17.1 Å². The maximum Gasteiger partial charge on any atom is 0.226 e. The van der Waals surface area contributed by atoms with Crippen LogP contribution in [-0.2, 0) is 10.2 Å². The van der Waals surface area contributed by atoms with Crippen molar-refractivity contribution in [3.8, 4) is 5.75 Å². The zero-order chi connectivity index (χ0) is 21.7. The number of Topliss-reactive ketones (excluding diaryl/α,β-unsaturated/α-hetero) is 1. The molecule has 1 aliphatic heterocycles. The zero-order valence-corrected chi connectivity index (χ0v) is 18.5. The Balaban J connectivity index is 1.42. The zero-order valence-electron chi connectivity index (χ0n) is 18.5. The van der Waals surface area contributed by atoms with E-state index >= 15 is 0 Å². The molecule has 1 amide bonds. The van der Waals surface area contributed by atoms with Gasteiger partial charge in [0, 0.05) is 37.4 Å². The van der Waals surface area contributed by atoms with Crippen LogP contribution < -0.4 is 9.64 Å². The minimum atomic E-state index is 0.0735. The van der Waals surface area contributed by atoms with Gasteiger partial charge in [-0.2, -0.15) is 0 Å². The average molecular weight is 409 g/mol. The second kappa shape index (κ2) is 9.33. The molecule has 1 saturated heterocycles. The van der Waals surface area contributed by atoms with Crippen molar-refractivity contribution in [3.05, 3.63) is 59.7 Å². The SMILES string of the molecule is CC(=O)c1ccc(N2CCN(C(=O)CCOc3ccc(C(C)(C)C)cc3)CC2)cc1. The second-order valence-corrected chi connectivity index (χ2v) is 8.84. The van der Waals surface area contributed by atoms with Crippen LogP contribution in [0.25, 0.3) is 0 Å². The summed E-state index contributed by atoms with van der Waals surface area (Å²) in [5, 5.41) is 0. The van der Waals surface area contributed by atoms with E-state index in [9.17, 15) is 9.59 Å². The summed E-state index contributed by atoms with van der Waals surface area (Å²) in [6.45, 7) is 11.5. The molecule has 1 aliphatic rings. The highest BCUT2D eigenvalue weighted by atomic mass is 16.5. The molecule has 5 heteroatoms. The summed E-state index contributed by atoms with van der Waals surface area (Å²) in [7, 11) is 0. The number of carbonyl (C=O) groups is 2. The summed E-state index contributed by atoms with van der Waals surface area (Å²) in [4.78, 5) is 28.1. The maximum absolute atomic E-state index is 12.5. The number of amides is 1. The predicted molar refractivity (Wildman–Crippen MR) is 120 cm³/mol. The van der Waals surface area contributed by atoms with E-state index in [1.807, 2.05) is 41.3 Å². The Morgan fingerprint density at radius 3 is 2.03 bits per heavy atom. The first-order valence-corrected chi connectivity index (χ1v) is 10.6. The first-order valence-electron chi connectivity index (χ1n) is 10.6. The van der Waals surface area contributed by atoms with Crippen LogP contribution in [0.2, 0.25) is 0 Å². The Hall–Kier alpha value is -2.82. The lowest BCUT2D eigenvalue weighted by Gasteiger charge is -2.36. The van der Waals surface area contributed by atoms with Crippen molar-refractivity contribution in [2.45, 2.75) is 39.5 Å². The van der Waals surface area contributed by atoms with Crippen LogP contribution in [0.3, 0.4) is 0 Å². The van der Waals surface area contributed by atoms with Gasteiger partial charge in [0.1, 0.15) is 5.75 Å². The molecule has 1 heterocycles. The molecule has 30 heavy (non-hydrogen) atoms. The van der Waals surface area contributed by atoms with Crippen LogP contribution in [0.4, 0.5) is 5.69 Å². The van der Waals surface area contributed by atoms with Gasteiger partial charge in [0.05, 0.1) is 13.0 Å². The number of hydrogen-bond acceptors (Lipinski definition) is 4. The van der Waals surface area contributed by atoms with Gasteiger partial charge in [-0.05, 0) is 54.3 Å². The van der Waals surface area contributed by atoms with Gasteiger partial charge in [-0.25, -0.2) is 0 Å². The van der Waals surface area contributed by atoms with Crippen molar-refractivity contribution in [1.82, 2.24) is 4.90 Å². The monoisotopic (exact) mass is 408 g/mol. The van der Waals surface area contributed by atoms with Crippen LogP contribution in [0.15, 0.2) is 48.5 Å². The molecule has 1 fully saturated rings. The number of ketones is 1. The standard InChI is InChI=1S/C25H32N2O3/c1-19(28)20-5-9-22(10-6-20)26-14-16-27(17-15-26)24(29)13-18-30-23-11-7-21(8-12-23)25(2,3)4/h5-12H,13-18H2,1-4H3. The summed E-state index contributed by atoms with van der Waals surface area (Å²) in [5.41, 5.74) is 3.20. The van der Waals surface area contributed by atoms with E-state index < -0.39 is 0 Å². The third-order valence-corrected chi connectivity index (χ3v) is 5.58. The van der Waals surface area contributed by atoms with Crippen LogP contribution in [0, 0.1) is 0 Å². The Morgan fingerprint density at radius 1 is 0.900 bits per heavy atom. The Bertz CT molecular complexity index is 859. The second-order valence-electron chi connectivity index (χ2n) is 8.84. The molecule has 0 aliphatic carbocycles. The van der Waals surface area contributed by atoms with Gasteiger partial charge in [0.15, 0.2) is 5.78 Å². The molecule has 0 spiro atoms. The highest BCUT2D eigenvalue weighted by molar-refractivity contribution is 5.94. The fourth-order valence-electron chi connectivity index (χ4n) is 3.59. The Morgan fingerprint density at radius 2 is 1.50 bits per heavy atom. The van der Waals surface area contributed by atoms with Gasteiger partial charge in [0.25, 0.3) is 0 Å². The molecule has 0 N–H and O–H groups in total. The average Bonchev–Trinajstić information content (AvgIpc) is 2.73. The third-order valence-electron chi connectivity index (χ3n) is 5.58. The fourth-order valence-corrected chi connectivity index (χ4v) is 3.59. The lowest BCUT2D eigenvalue weighted by atomic mass is 9.87. The molecular formula is C25H32N2O3. The number of benzene rings is 2. The highest BCUT2D eigenvalue weighted by Crippen LogP contribution is 2.24. The molecule has 0 atom stereocenters. The molecule has 0 radical (unpaired) electrons. The van der Waals surface area contributed by atoms with Gasteiger partial charge in [-0.1, -0.05) is 32.9 Å². The van der Waals surface area contributed by atoms with Gasteiger partial charge in [-0.15, -0.1) is 0 Å². The van der Waals surface area contributed by atoms with Crippen molar-refractivity contribution < 1.29 is 14.3 Å². The van der Waals surface area contributed by atoms with Crippen LogP contribution in [0.1, 0.15) is 50.0 Å². The molecule has 5 nitrogen and oxygen atoms in total. The number of piperazine rings is 1. The smallest absolute Gasteiger partial charge is 0.226 e. The minimum Gasteiger partial charge on any atom is -0.493 e. The molecule has 0 unspecified atom stereocenters. The van der Waals surface area contributed by atoms with E-state index in [4.69, 9.17) is 4.74 Å². The molecule has 3 rings (SSSR count). The summed E-state index contributed by atoms with van der Waals surface area (Å²) < 4.78 is 5.77. The fraction of sp³-hybridized carbons (Fsp3) is 0.440. The lowest BCUT2D eigenvalue weighted by molar-refractivity contribution is -0.132. The Labute approximate surface area is 179 Å². The summed E-state index contributed by atoms with van der Waals surface area (Å²) in [6, 6.07) is 15.8. The molecule has 2 aromatic rings. The van der Waals surface area contributed by atoms with Crippen molar-refractivity contribution in [3.63, 3.8) is 0 Å². The first-order chi connectivity index (χ1) is 14.2. The number of anilines is 1. The molecule has 2 aromatic carbocycles. The van der Waals surface area contributed by atoms with E-state index in [0.717, 1.165) is 30.1 Å². The number of ether oxygens (including phenoxy) is 1. The minimum absolute atomic E-state index is 0.0735. The Kier molecular flexibility index (Phi) is 6.80. The molecule has 160 valence electrons. The molecule has 0 saturated carbocycles. The van der Waals surface area contributed by atoms with Crippen LogP contribution >= 0.6 is 0 Å². The van der Waals surface area contributed by atoms with Crippen molar-refractivity contribution in [2.75, 3.05) is 37.7 Å². The topological polar surface area (TPSA) is 49.9 Å². The van der Waals surface area contributed by atoms with E-state index in [1.165, 1.54) is 5.56 Å². The van der Waals surface area contributed by atoms with Crippen molar-refractivity contribution in [1.29, 1.82) is 0 Å². The van der Waals surface area contributed by atoms with E-state index in [1.54, 1.807) is 6.92 Å². The van der Waals surface area contributed by atoms with E-state index in [2.05, 4.69) is 37.8 Å². The summed E-state index contributed by atoms with van der Waals surface area (Å²) in [6.07, 6.45) is 0.383. The molecule has 0 aromatic heterocycles. The summed E-state index contributed by atoms with van der Waals surface area (Å²) in [5.74, 6) is 1.01.